The van der Waals surface area contributed by atoms with Gasteiger partial charge in [-0.1, -0.05) is 78.4 Å². The molecule has 31 heavy (non-hydrogen) atoms. The number of aryl methyl sites for hydroxylation is 1. The van der Waals surface area contributed by atoms with Gasteiger partial charge in [-0.25, -0.2) is 0 Å². The van der Waals surface area contributed by atoms with Gasteiger partial charge in [0.2, 0.25) is 0 Å². The summed E-state index contributed by atoms with van der Waals surface area (Å²) in [5.74, 6) is 1.53. The van der Waals surface area contributed by atoms with E-state index in [1.165, 1.54) is 5.56 Å². The average Bonchev–Trinajstić information content (AvgIpc) is 2.83. The minimum atomic E-state index is 0.658. The van der Waals surface area contributed by atoms with E-state index in [1.54, 1.807) is 26.4 Å². The van der Waals surface area contributed by atoms with Gasteiger partial charge < -0.3 is 14.3 Å². The van der Waals surface area contributed by atoms with Crippen LogP contribution in [0.3, 0.4) is 0 Å². The maximum atomic E-state index is 10.8. The number of ether oxygens (including phenoxy) is 2. The van der Waals surface area contributed by atoms with Gasteiger partial charge >= 0.3 is 0 Å². The number of methoxy groups -OCH3 is 2. The highest BCUT2D eigenvalue weighted by Crippen LogP contribution is 2.31. The molecule has 0 spiro atoms. The Morgan fingerprint density at radius 2 is 1.03 bits per heavy atom. The molecule has 4 nitrogen and oxygen atoms in total. The average molecular weight is 415 g/mol. The Labute approximate surface area is 183 Å². The van der Waals surface area contributed by atoms with E-state index in [0.717, 1.165) is 40.0 Å². The first-order valence-electron chi connectivity index (χ1n) is 9.66. The second-order valence-electron chi connectivity index (χ2n) is 6.70. The van der Waals surface area contributed by atoms with E-state index in [1.807, 2.05) is 49.3 Å². The van der Waals surface area contributed by atoms with Crippen LogP contribution in [0.5, 0.6) is 11.5 Å². The van der Waals surface area contributed by atoms with Crippen LogP contribution in [0.1, 0.15) is 38.2 Å². The third kappa shape index (κ3) is 6.54. The van der Waals surface area contributed by atoms with Crippen molar-refractivity contribution in [1.29, 1.82) is 0 Å². The van der Waals surface area contributed by atoms with E-state index in [-0.39, 0.29) is 0 Å². The summed E-state index contributed by atoms with van der Waals surface area (Å²) < 4.78 is 11.2. The van der Waals surface area contributed by atoms with Gasteiger partial charge in [-0.2, -0.15) is 0 Å². The number of carbonyl (C=O) groups is 2. The van der Waals surface area contributed by atoms with Crippen molar-refractivity contribution in [3.63, 3.8) is 0 Å². The normalized spacial score (nSPS) is 10.5. The fourth-order valence-electron chi connectivity index (χ4n) is 2.94. The van der Waals surface area contributed by atoms with Crippen LogP contribution in [-0.4, -0.2) is 27.3 Å². The molecule has 0 amide bonds. The number of aldehydes is 1. The molecular formula is C27H26O4. The van der Waals surface area contributed by atoms with Gasteiger partial charge in [-0.15, -0.1) is 0 Å². The van der Waals surface area contributed by atoms with E-state index in [9.17, 15) is 4.79 Å². The molecule has 0 saturated carbocycles. The van der Waals surface area contributed by atoms with Gasteiger partial charge in [-0.05, 0) is 30.2 Å². The molecule has 0 saturated heterocycles. The van der Waals surface area contributed by atoms with Gasteiger partial charge in [-0.3, -0.25) is 4.79 Å². The molecule has 0 aliphatic carbocycles. The SMILES string of the molecule is C=O.COc1cc(C=Cc2ccc(C=O)cc2)c(OC)cc1C=Cc1ccc(C)cc1. The molecule has 0 unspecified atom stereocenters. The Kier molecular flexibility index (Phi) is 8.99. The van der Waals surface area contributed by atoms with Gasteiger partial charge in [0.15, 0.2) is 0 Å². The Morgan fingerprint density at radius 1 is 0.645 bits per heavy atom. The zero-order valence-electron chi connectivity index (χ0n) is 18.0. The first-order chi connectivity index (χ1) is 15.1. The van der Waals surface area contributed by atoms with Crippen LogP contribution >= 0.6 is 0 Å². The quantitative estimate of drug-likeness (QED) is 0.352. The third-order valence-electron chi connectivity index (χ3n) is 4.64. The van der Waals surface area contributed by atoms with Crippen molar-refractivity contribution in [2.24, 2.45) is 0 Å². The summed E-state index contributed by atoms with van der Waals surface area (Å²) in [5, 5.41) is 0. The number of hydrogen-bond acceptors (Lipinski definition) is 4. The lowest BCUT2D eigenvalue weighted by molar-refractivity contribution is -0.0980. The molecule has 3 aromatic carbocycles. The second kappa shape index (κ2) is 11.9. The summed E-state index contributed by atoms with van der Waals surface area (Å²) in [6, 6.07) is 19.7. The number of carbonyl (C=O) groups excluding carboxylic acids is 2. The molecule has 0 atom stereocenters. The van der Waals surface area contributed by atoms with Crippen molar-refractivity contribution in [3.8, 4) is 11.5 Å². The van der Waals surface area contributed by atoms with Gasteiger partial charge in [0.25, 0.3) is 0 Å². The van der Waals surface area contributed by atoms with Gasteiger partial charge in [0.05, 0.1) is 14.2 Å². The molecule has 3 aromatic rings. The topological polar surface area (TPSA) is 52.6 Å². The minimum absolute atomic E-state index is 0.658. The van der Waals surface area contributed by atoms with Crippen molar-refractivity contribution < 1.29 is 19.1 Å². The van der Waals surface area contributed by atoms with E-state index in [2.05, 4.69) is 37.3 Å². The first kappa shape index (κ1) is 23.4. The maximum absolute atomic E-state index is 10.8. The minimum Gasteiger partial charge on any atom is -0.496 e. The summed E-state index contributed by atoms with van der Waals surface area (Å²) in [5.41, 5.74) is 5.87. The van der Waals surface area contributed by atoms with E-state index in [4.69, 9.17) is 14.3 Å². The third-order valence-corrected chi connectivity index (χ3v) is 4.64. The van der Waals surface area contributed by atoms with Gasteiger partial charge in [0.1, 0.15) is 24.6 Å². The number of hydrogen-bond donors (Lipinski definition) is 0. The summed E-state index contributed by atoms with van der Waals surface area (Å²) >= 11 is 0. The summed E-state index contributed by atoms with van der Waals surface area (Å²) in [6.07, 6.45) is 8.88. The van der Waals surface area contributed by atoms with E-state index >= 15 is 0 Å². The Morgan fingerprint density at radius 3 is 1.42 bits per heavy atom. The summed E-state index contributed by atoms with van der Waals surface area (Å²) in [7, 11) is 3.32. The zero-order valence-corrected chi connectivity index (χ0v) is 18.0. The van der Waals surface area contributed by atoms with Crippen LogP contribution in [0, 0.1) is 6.92 Å². The predicted octanol–water partition coefficient (Wildman–Crippen LogP) is 5.98. The lowest BCUT2D eigenvalue weighted by Gasteiger charge is -2.11. The molecule has 0 bridgehead atoms. The molecule has 0 heterocycles. The van der Waals surface area contributed by atoms with Crippen LogP contribution in [0.4, 0.5) is 0 Å². The van der Waals surface area contributed by atoms with Gasteiger partial charge in [0, 0.05) is 16.7 Å². The predicted molar refractivity (Wildman–Crippen MR) is 128 cm³/mol. The monoisotopic (exact) mass is 414 g/mol. The Bertz CT molecular complexity index is 1050. The lowest BCUT2D eigenvalue weighted by atomic mass is 10.0. The highest BCUT2D eigenvalue weighted by Gasteiger charge is 2.08. The fraction of sp³-hybridized carbons (Fsp3) is 0.111. The maximum Gasteiger partial charge on any atom is 0.150 e. The Hall–Kier alpha value is -3.92. The first-order valence-corrected chi connectivity index (χ1v) is 9.66. The number of benzene rings is 3. The molecule has 3 rings (SSSR count). The van der Waals surface area contributed by atoms with Crippen LogP contribution in [0.25, 0.3) is 24.3 Å². The zero-order chi connectivity index (χ0) is 22.6. The molecule has 158 valence electrons. The van der Waals surface area contributed by atoms with Crippen LogP contribution in [0.2, 0.25) is 0 Å². The number of rotatable bonds is 7. The van der Waals surface area contributed by atoms with Crippen molar-refractivity contribution in [1.82, 2.24) is 0 Å². The molecular weight excluding hydrogens is 388 g/mol. The molecule has 0 N–H and O–H groups in total. The Balaban J connectivity index is 0.00000166. The smallest absolute Gasteiger partial charge is 0.150 e. The van der Waals surface area contributed by atoms with Crippen LogP contribution < -0.4 is 9.47 Å². The fourth-order valence-corrected chi connectivity index (χ4v) is 2.94. The van der Waals surface area contributed by atoms with Crippen molar-refractivity contribution in [2.45, 2.75) is 6.92 Å². The second-order valence-corrected chi connectivity index (χ2v) is 6.70. The highest BCUT2D eigenvalue weighted by atomic mass is 16.5. The molecule has 0 aliphatic heterocycles. The van der Waals surface area contributed by atoms with Crippen molar-refractivity contribution >= 4 is 37.4 Å². The van der Waals surface area contributed by atoms with Crippen molar-refractivity contribution in [2.75, 3.05) is 14.2 Å². The van der Waals surface area contributed by atoms with E-state index < -0.39 is 0 Å². The molecule has 0 radical (unpaired) electrons. The standard InChI is InChI=1S/C26H24O3.CH2O/c1-19-4-6-20(7-5-19)12-14-23-16-26(29-3)24(17-25(23)28-2)15-13-21-8-10-22(18-27)11-9-21;1-2/h4-18H,1-3H3;1H2. The van der Waals surface area contributed by atoms with E-state index in [0.29, 0.717) is 5.56 Å². The largest absolute Gasteiger partial charge is 0.496 e. The molecule has 4 heteroatoms. The van der Waals surface area contributed by atoms with Crippen LogP contribution in [0.15, 0.2) is 60.7 Å². The van der Waals surface area contributed by atoms with Crippen molar-refractivity contribution in [3.05, 3.63) is 94.0 Å². The molecule has 0 fully saturated rings. The highest BCUT2D eigenvalue weighted by molar-refractivity contribution is 5.80. The van der Waals surface area contributed by atoms with Crippen LogP contribution in [-0.2, 0) is 4.79 Å². The summed E-state index contributed by atoms with van der Waals surface area (Å²) in [6.45, 7) is 4.07. The summed E-state index contributed by atoms with van der Waals surface area (Å²) in [4.78, 5) is 18.8. The molecule has 0 aromatic heterocycles. The lowest BCUT2D eigenvalue weighted by Crippen LogP contribution is -1.93. The molecule has 0 aliphatic rings.